The van der Waals surface area contributed by atoms with Gasteiger partial charge < -0.3 is 5.73 Å². The molecule has 2 rings (SSSR count). The van der Waals surface area contributed by atoms with Gasteiger partial charge in [0.1, 0.15) is 5.82 Å². The van der Waals surface area contributed by atoms with Crippen LogP contribution in [-0.4, -0.2) is 23.5 Å². The molecule has 0 amide bonds. The lowest BCUT2D eigenvalue weighted by molar-refractivity contribution is 0.236. The van der Waals surface area contributed by atoms with Crippen molar-refractivity contribution in [1.29, 1.82) is 0 Å². The molecular weight excluding hydrogens is 241 g/mol. The van der Waals surface area contributed by atoms with Crippen LogP contribution >= 0.6 is 0 Å². The van der Waals surface area contributed by atoms with Crippen LogP contribution in [0.5, 0.6) is 0 Å². The number of pyridine rings is 1. The number of benzene rings is 1. The van der Waals surface area contributed by atoms with Crippen molar-refractivity contribution in [2.45, 2.75) is 12.6 Å². The lowest BCUT2D eigenvalue weighted by atomic mass is 10.0. The summed E-state index contributed by atoms with van der Waals surface area (Å²) in [6, 6.07) is 10.6. The first kappa shape index (κ1) is 13.6. The Labute approximate surface area is 112 Å². The first-order valence-electron chi connectivity index (χ1n) is 6.26. The largest absolute Gasteiger partial charge is 0.329 e. The van der Waals surface area contributed by atoms with Gasteiger partial charge in [-0.2, -0.15) is 0 Å². The van der Waals surface area contributed by atoms with Crippen molar-refractivity contribution in [2.75, 3.05) is 13.6 Å². The Bertz CT molecular complexity index is 516. The lowest BCUT2D eigenvalue weighted by Crippen LogP contribution is -2.30. The van der Waals surface area contributed by atoms with Gasteiger partial charge in [-0.1, -0.05) is 18.2 Å². The number of halogens is 1. The maximum atomic E-state index is 13.8. The Kier molecular flexibility index (Phi) is 4.60. The van der Waals surface area contributed by atoms with E-state index in [-0.39, 0.29) is 11.9 Å². The molecule has 2 aromatic rings. The minimum absolute atomic E-state index is 0.130. The molecule has 0 radical (unpaired) electrons. The van der Waals surface area contributed by atoms with E-state index in [0.717, 1.165) is 5.56 Å². The van der Waals surface area contributed by atoms with E-state index in [1.807, 2.05) is 30.1 Å². The number of likely N-dealkylation sites (N-methyl/N-ethyl adjacent to an activating group) is 1. The van der Waals surface area contributed by atoms with Gasteiger partial charge in [-0.15, -0.1) is 0 Å². The molecule has 0 saturated carbocycles. The highest BCUT2D eigenvalue weighted by Gasteiger charge is 2.18. The van der Waals surface area contributed by atoms with Crippen molar-refractivity contribution in [3.63, 3.8) is 0 Å². The summed E-state index contributed by atoms with van der Waals surface area (Å²) in [5.74, 6) is -0.209. The van der Waals surface area contributed by atoms with Crippen LogP contribution < -0.4 is 5.73 Å². The zero-order valence-electron chi connectivity index (χ0n) is 11.0. The van der Waals surface area contributed by atoms with E-state index in [2.05, 4.69) is 4.98 Å². The van der Waals surface area contributed by atoms with E-state index in [1.54, 1.807) is 24.5 Å². The molecule has 1 aromatic heterocycles. The molecule has 0 saturated heterocycles. The predicted octanol–water partition coefficient (Wildman–Crippen LogP) is 2.35. The molecule has 1 aromatic carbocycles. The van der Waals surface area contributed by atoms with E-state index in [9.17, 15) is 4.39 Å². The van der Waals surface area contributed by atoms with Crippen LogP contribution in [0.25, 0.3) is 0 Å². The highest BCUT2D eigenvalue weighted by Crippen LogP contribution is 2.22. The summed E-state index contributed by atoms with van der Waals surface area (Å²) in [5.41, 5.74) is 7.58. The maximum Gasteiger partial charge on any atom is 0.128 e. The number of hydrogen-bond acceptors (Lipinski definition) is 3. The predicted molar refractivity (Wildman–Crippen MR) is 73.9 cm³/mol. The average Bonchev–Trinajstić information content (AvgIpc) is 2.43. The monoisotopic (exact) mass is 259 g/mol. The third-order valence-electron chi connectivity index (χ3n) is 3.20. The van der Waals surface area contributed by atoms with Gasteiger partial charge in [0.25, 0.3) is 0 Å². The van der Waals surface area contributed by atoms with Gasteiger partial charge >= 0.3 is 0 Å². The van der Waals surface area contributed by atoms with E-state index in [4.69, 9.17) is 5.73 Å². The average molecular weight is 259 g/mol. The van der Waals surface area contributed by atoms with Gasteiger partial charge in [-0.05, 0) is 30.8 Å². The number of nitrogens with two attached hydrogens (primary N) is 1. The molecule has 19 heavy (non-hydrogen) atoms. The number of hydrogen-bond donors (Lipinski definition) is 1. The molecule has 1 atom stereocenters. The van der Waals surface area contributed by atoms with Crippen LogP contribution in [0.2, 0.25) is 0 Å². The second-order valence-electron chi connectivity index (χ2n) is 4.54. The molecule has 2 N–H and O–H groups in total. The molecule has 0 aliphatic carbocycles. The van der Waals surface area contributed by atoms with Crippen molar-refractivity contribution in [1.82, 2.24) is 9.88 Å². The molecule has 0 bridgehead atoms. The molecule has 3 nitrogen and oxygen atoms in total. The Morgan fingerprint density at radius 3 is 2.53 bits per heavy atom. The van der Waals surface area contributed by atoms with Crippen molar-refractivity contribution >= 4 is 0 Å². The third kappa shape index (κ3) is 3.36. The van der Waals surface area contributed by atoms with E-state index >= 15 is 0 Å². The van der Waals surface area contributed by atoms with Gasteiger partial charge in [0.15, 0.2) is 0 Å². The van der Waals surface area contributed by atoms with Crippen molar-refractivity contribution in [3.05, 3.63) is 65.7 Å². The fourth-order valence-electron chi connectivity index (χ4n) is 2.18. The number of rotatable bonds is 5. The molecule has 0 aliphatic heterocycles. The summed E-state index contributed by atoms with van der Waals surface area (Å²) < 4.78 is 13.8. The first-order chi connectivity index (χ1) is 9.22. The van der Waals surface area contributed by atoms with E-state index < -0.39 is 0 Å². The summed E-state index contributed by atoms with van der Waals surface area (Å²) in [4.78, 5) is 6.04. The van der Waals surface area contributed by atoms with Gasteiger partial charge in [0.2, 0.25) is 0 Å². The summed E-state index contributed by atoms with van der Waals surface area (Å²) in [6.45, 7) is 1.08. The number of nitrogens with zero attached hydrogens (tertiary/aromatic N) is 2. The standard InChI is InChI=1S/C15H18FN3/c1-19(11-12-6-8-18-9-7-12)15(10-17)13-4-2-3-5-14(13)16/h2-9,15H,10-11,17H2,1H3. The molecule has 4 heteroatoms. The Hall–Kier alpha value is -1.78. The second kappa shape index (κ2) is 6.41. The first-order valence-corrected chi connectivity index (χ1v) is 6.26. The normalized spacial score (nSPS) is 12.6. The quantitative estimate of drug-likeness (QED) is 0.896. The molecule has 0 aliphatic rings. The van der Waals surface area contributed by atoms with Crippen LogP contribution in [0.4, 0.5) is 4.39 Å². The molecule has 0 fully saturated rings. The summed E-state index contributed by atoms with van der Waals surface area (Å²) in [5, 5.41) is 0. The van der Waals surface area contributed by atoms with Crippen molar-refractivity contribution < 1.29 is 4.39 Å². The van der Waals surface area contributed by atoms with Crippen LogP contribution in [0.1, 0.15) is 17.2 Å². The molecular formula is C15H18FN3. The SMILES string of the molecule is CN(Cc1ccncc1)C(CN)c1ccccc1F. The second-order valence-corrected chi connectivity index (χ2v) is 4.54. The fourth-order valence-corrected chi connectivity index (χ4v) is 2.18. The van der Waals surface area contributed by atoms with Gasteiger partial charge in [-0.3, -0.25) is 9.88 Å². The number of aromatic nitrogens is 1. The van der Waals surface area contributed by atoms with Crippen LogP contribution in [0.15, 0.2) is 48.8 Å². The molecule has 100 valence electrons. The smallest absolute Gasteiger partial charge is 0.128 e. The zero-order valence-corrected chi connectivity index (χ0v) is 11.0. The van der Waals surface area contributed by atoms with Crippen LogP contribution in [-0.2, 0) is 6.54 Å². The topological polar surface area (TPSA) is 42.2 Å². The van der Waals surface area contributed by atoms with Crippen LogP contribution in [0.3, 0.4) is 0 Å². The Balaban J connectivity index is 2.16. The van der Waals surface area contributed by atoms with Gasteiger partial charge in [0, 0.05) is 37.1 Å². The highest BCUT2D eigenvalue weighted by atomic mass is 19.1. The lowest BCUT2D eigenvalue weighted by Gasteiger charge is -2.27. The fraction of sp³-hybridized carbons (Fsp3) is 0.267. The Morgan fingerprint density at radius 1 is 1.21 bits per heavy atom. The maximum absolute atomic E-state index is 13.8. The molecule has 1 heterocycles. The Morgan fingerprint density at radius 2 is 1.89 bits per heavy atom. The van der Waals surface area contributed by atoms with Gasteiger partial charge in [0.05, 0.1) is 0 Å². The summed E-state index contributed by atoms with van der Waals surface area (Å²) >= 11 is 0. The highest BCUT2D eigenvalue weighted by molar-refractivity contribution is 5.22. The van der Waals surface area contributed by atoms with Crippen molar-refractivity contribution in [2.24, 2.45) is 5.73 Å². The van der Waals surface area contributed by atoms with Crippen molar-refractivity contribution in [3.8, 4) is 0 Å². The minimum atomic E-state index is -0.209. The molecule has 1 unspecified atom stereocenters. The summed E-state index contributed by atoms with van der Waals surface area (Å²) in [6.07, 6.45) is 3.51. The minimum Gasteiger partial charge on any atom is -0.329 e. The van der Waals surface area contributed by atoms with E-state index in [0.29, 0.717) is 18.7 Å². The van der Waals surface area contributed by atoms with Gasteiger partial charge in [-0.25, -0.2) is 4.39 Å². The van der Waals surface area contributed by atoms with E-state index in [1.165, 1.54) is 6.07 Å². The summed E-state index contributed by atoms with van der Waals surface area (Å²) in [7, 11) is 1.95. The molecule has 0 spiro atoms. The zero-order chi connectivity index (χ0) is 13.7. The third-order valence-corrected chi connectivity index (χ3v) is 3.20. The van der Waals surface area contributed by atoms with Crippen LogP contribution in [0, 0.1) is 5.82 Å².